The zero-order valence-electron chi connectivity index (χ0n) is 8.77. The number of nitrogens with two attached hydrogens (primary N) is 1. The van der Waals surface area contributed by atoms with E-state index in [2.05, 4.69) is 10.2 Å². The molecule has 15 heavy (non-hydrogen) atoms. The first kappa shape index (κ1) is 10.6. The normalized spacial score (nSPS) is 25.1. The maximum absolute atomic E-state index is 5.71. The van der Waals surface area contributed by atoms with Gasteiger partial charge in [-0.1, -0.05) is 0 Å². The summed E-state index contributed by atoms with van der Waals surface area (Å²) in [5, 5.41) is 6.77. The zero-order chi connectivity index (χ0) is 10.8. The molecule has 1 fully saturated rings. The van der Waals surface area contributed by atoms with Crippen molar-refractivity contribution < 1.29 is 4.74 Å². The number of hydrogen-bond donors (Lipinski definition) is 2. The SMILES string of the molecule is CCOC1CC(Cc2n[nH]c(=S)n2N)C1. The van der Waals surface area contributed by atoms with Crippen molar-refractivity contribution in [2.75, 3.05) is 12.4 Å². The monoisotopic (exact) mass is 228 g/mol. The molecular weight excluding hydrogens is 212 g/mol. The summed E-state index contributed by atoms with van der Waals surface area (Å²) >= 11 is 4.94. The van der Waals surface area contributed by atoms with E-state index in [9.17, 15) is 0 Å². The minimum absolute atomic E-state index is 0.438. The molecular formula is C9H16N4OS. The second kappa shape index (κ2) is 4.32. The van der Waals surface area contributed by atoms with Crippen molar-refractivity contribution in [3.63, 3.8) is 0 Å². The molecule has 0 bridgehead atoms. The molecule has 2 rings (SSSR count). The molecule has 0 atom stereocenters. The molecule has 0 spiro atoms. The van der Waals surface area contributed by atoms with E-state index in [4.69, 9.17) is 22.8 Å². The van der Waals surface area contributed by atoms with Crippen LogP contribution in [0.5, 0.6) is 0 Å². The van der Waals surface area contributed by atoms with Crippen LogP contribution < -0.4 is 5.84 Å². The lowest BCUT2D eigenvalue weighted by Crippen LogP contribution is -2.33. The number of aromatic amines is 1. The van der Waals surface area contributed by atoms with Crippen molar-refractivity contribution in [2.24, 2.45) is 5.92 Å². The minimum Gasteiger partial charge on any atom is -0.378 e. The van der Waals surface area contributed by atoms with Gasteiger partial charge in [0, 0.05) is 13.0 Å². The van der Waals surface area contributed by atoms with Crippen molar-refractivity contribution in [1.29, 1.82) is 0 Å². The highest BCUT2D eigenvalue weighted by Gasteiger charge is 2.30. The van der Waals surface area contributed by atoms with Gasteiger partial charge in [0.2, 0.25) is 4.77 Å². The Balaban J connectivity index is 1.85. The third-order valence-electron chi connectivity index (χ3n) is 2.84. The van der Waals surface area contributed by atoms with Gasteiger partial charge in [0.05, 0.1) is 6.10 Å². The van der Waals surface area contributed by atoms with Crippen LogP contribution >= 0.6 is 12.2 Å². The first-order valence-corrected chi connectivity index (χ1v) is 5.64. The second-order valence-corrected chi connectivity index (χ2v) is 4.32. The van der Waals surface area contributed by atoms with E-state index >= 15 is 0 Å². The lowest BCUT2D eigenvalue weighted by Gasteiger charge is -2.34. The number of nitrogen functional groups attached to an aromatic ring is 1. The van der Waals surface area contributed by atoms with E-state index in [0.717, 1.165) is 31.7 Å². The highest BCUT2D eigenvalue weighted by atomic mass is 32.1. The lowest BCUT2D eigenvalue weighted by molar-refractivity contribution is -0.0246. The van der Waals surface area contributed by atoms with Crippen LogP contribution in [0, 0.1) is 10.7 Å². The van der Waals surface area contributed by atoms with Gasteiger partial charge in [-0.05, 0) is 37.9 Å². The molecule has 3 N–H and O–H groups in total. The molecule has 1 aromatic heterocycles. The number of hydrogen-bond acceptors (Lipinski definition) is 4. The molecule has 0 aromatic carbocycles. The summed E-state index contributed by atoms with van der Waals surface area (Å²) in [6.45, 7) is 2.82. The van der Waals surface area contributed by atoms with E-state index in [0.29, 0.717) is 16.8 Å². The predicted molar refractivity (Wildman–Crippen MR) is 59.4 cm³/mol. The van der Waals surface area contributed by atoms with Crippen molar-refractivity contribution in [1.82, 2.24) is 14.9 Å². The topological polar surface area (TPSA) is 68.9 Å². The van der Waals surface area contributed by atoms with E-state index in [1.165, 1.54) is 4.68 Å². The van der Waals surface area contributed by atoms with Crippen LogP contribution in [0.4, 0.5) is 0 Å². The largest absolute Gasteiger partial charge is 0.378 e. The van der Waals surface area contributed by atoms with E-state index in [-0.39, 0.29) is 0 Å². The average molecular weight is 228 g/mol. The Morgan fingerprint density at radius 1 is 1.67 bits per heavy atom. The van der Waals surface area contributed by atoms with Crippen LogP contribution in [0.25, 0.3) is 0 Å². The summed E-state index contributed by atoms with van der Waals surface area (Å²) in [5.74, 6) is 7.18. The Kier molecular flexibility index (Phi) is 3.06. The number of aromatic nitrogens is 3. The van der Waals surface area contributed by atoms with Gasteiger partial charge < -0.3 is 10.6 Å². The molecule has 6 heteroatoms. The van der Waals surface area contributed by atoms with Gasteiger partial charge in [-0.15, -0.1) is 0 Å². The third kappa shape index (κ3) is 2.21. The Morgan fingerprint density at radius 2 is 2.40 bits per heavy atom. The molecule has 0 unspecified atom stereocenters. The summed E-state index contributed by atoms with van der Waals surface area (Å²) in [6.07, 6.45) is 3.53. The van der Waals surface area contributed by atoms with E-state index in [1.807, 2.05) is 6.92 Å². The van der Waals surface area contributed by atoms with Crippen molar-refractivity contribution in [3.05, 3.63) is 10.6 Å². The maximum Gasteiger partial charge on any atom is 0.214 e. The van der Waals surface area contributed by atoms with Crippen LogP contribution in [0.2, 0.25) is 0 Å². The van der Waals surface area contributed by atoms with Crippen molar-refractivity contribution in [2.45, 2.75) is 32.3 Å². The Morgan fingerprint density at radius 3 is 2.93 bits per heavy atom. The maximum atomic E-state index is 5.71. The van der Waals surface area contributed by atoms with Gasteiger partial charge in [-0.25, -0.2) is 4.68 Å². The molecule has 1 aliphatic carbocycles. The Bertz CT molecular complexity index is 380. The molecule has 1 heterocycles. The molecule has 1 aliphatic rings. The molecule has 0 aliphatic heterocycles. The summed E-state index contributed by atoms with van der Waals surface area (Å²) in [5.41, 5.74) is 0. The van der Waals surface area contributed by atoms with Gasteiger partial charge in [0.25, 0.3) is 0 Å². The Labute approximate surface area is 93.6 Å². The van der Waals surface area contributed by atoms with E-state index in [1.54, 1.807) is 0 Å². The zero-order valence-corrected chi connectivity index (χ0v) is 9.59. The summed E-state index contributed by atoms with van der Waals surface area (Å²) in [4.78, 5) is 0. The Hall–Kier alpha value is -0.880. The smallest absolute Gasteiger partial charge is 0.214 e. The lowest BCUT2D eigenvalue weighted by atomic mass is 9.80. The van der Waals surface area contributed by atoms with Crippen LogP contribution in [0.15, 0.2) is 0 Å². The molecule has 1 saturated carbocycles. The fourth-order valence-electron chi connectivity index (χ4n) is 1.95. The number of H-pyrrole nitrogens is 1. The van der Waals surface area contributed by atoms with Crippen LogP contribution in [-0.4, -0.2) is 27.6 Å². The summed E-state index contributed by atoms with van der Waals surface area (Å²) < 4.78 is 7.42. The van der Waals surface area contributed by atoms with Gasteiger partial charge >= 0.3 is 0 Å². The number of nitrogens with zero attached hydrogens (tertiary/aromatic N) is 2. The molecule has 5 nitrogen and oxygen atoms in total. The summed E-state index contributed by atoms with van der Waals surface area (Å²) in [7, 11) is 0. The van der Waals surface area contributed by atoms with Crippen LogP contribution in [0.1, 0.15) is 25.6 Å². The second-order valence-electron chi connectivity index (χ2n) is 3.93. The van der Waals surface area contributed by atoms with Gasteiger partial charge in [0.15, 0.2) is 5.82 Å². The number of ether oxygens (including phenoxy) is 1. The van der Waals surface area contributed by atoms with Gasteiger partial charge in [0.1, 0.15) is 0 Å². The highest BCUT2D eigenvalue weighted by Crippen LogP contribution is 2.32. The van der Waals surface area contributed by atoms with Crippen molar-refractivity contribution >= 4 is 12.2 Å². The third-order valence-corrected chi connectivity index (χ3v) is 3.13. The predicted octanol–water partition coefficient (Wildman–Crippen LogP) is 1.01. The van der Waals surface area contributed by atoms with Gasteiger partial charge in [-0.3, -0.25) is 5.10 Å². The van der Waals surface area contributed by atoms with Crippen LogP contribution in [-0.2, 0) is 11.2 Å². The van der Waals surface area contributed by atoms with E-state index < -0.39 is 0 Å². The molecule has 0 radical (unpaired) electrons. The minimum atomic E-state index is 0.438. The average Bonchev–Trinajstić information content (AvgIpc) is 2.46. The highest BCUT2D eigenvalue weighted by molar-refractivity contribution is 7.71. The standard InChI is InChI=1S/C9H16N4OS/c1-2-14-7-3-6(4-7)5-8-11-12-9(15)13(8)10/h6-7H,2-5,10H2,1H3,(H,12,15). The van der Waals surface area contributed by atoms with Gasteiger partial charge in [-0.2, -0.15) is 5.10 Å². The fourth-order valence-corrected chi connectivity index (χ4v) is 2.10. The van der Waals surface area contributed by atoms with Crippen molar-refractivity contribution in [3.8, 4) is 0 Å². The fraction of sp³-hybridized carbons (Fsp3) is 0.778. The molecule has 0 amide bonds. The quantitative estimate of drug-likeness (QED) is 0.596. The number of rotatable bonds is 4. The number of nitrogens with one attached hydrogen (secondary N) is 1. The molecule has 1 aromatic rings. The molecule has 0 saturated heterocycles. The first-order valence-electron chi connectivity index (χ1n) is 5.23. The van der Waals surface area contributed by atoms with Crippen LogP contribution in [0.3, 0.4) is 0 Å². The molecule has 84 valence electrons. The summed E-state index contributed by atoms with van der Waals surface area (Å²) in [6, 6.07) is 0. The first-order chi connectivity index (χ1) is 7.20.